The molecule has 0 aromatic heterocycles. The first-order chi connectivity index (χ1) is 5.59. The lowest BCUT2D eigenvalue weighted by atomic mass is 9.89. The van der Waals surface area contributed by atoms with Crippen LogP contribution in [0.15, 0.2) is 48.6 Å². The molecule has 0 spiro atoms. The molecule has 1 aliphatic rings. The molecule has 0 amide bonds. The molecule has 0 unspecified atom stereocenters. The highest BCUT2D eigenvalue weighted by atomic mass is 14.1. The summed E-state index contributed by atoms with van der Waals surface area (Å²) in [6.45, 7) is 15.9. The summed E-state index contributed by atoms with van der Waals surface area (Å²) in [5.41, 5.74) is 4.76. The minimum absolute atomic E-state index is 0.923. The maximum Gasteiger partial charge on any atom is -0.00729 e. The van der Waals surface area contributed by atoms with Crippen molar-refractivity contribution in [2.75, 3.05) is 0 Å². The van der Waals surface area contributed by atoms with Crippen LogP contribution in [0, 0.1) is 0 Å². The van der Waals surface area contributed by atoms with Gasteiger partial charge in [-0.15, -0.1) is 0 Å². The monoisotopic (exact) mass is 160 g/mol. The van der Waals surface area contributed by atoms with Crippen LogP contribution in [0.3, 0.4) is 0 Å². The zero-order valence-electron chi connectivity index (χ0n) is 7.66. The predicted molar refractivity (Wildman–Crippen MR) is 55.0 cm³/mol. The lowest BCUT2D eigenvalue weighted by molar-refractivity contribution is 0.834. The van der Waals surface area contributed by atoms with Crippen molar-refractivity contribution in [2.24, 2.45) is 0 Å². The van der Waals surface area contributed by atoms with E-state index in [1.54, 1.807) is 0 Å². The third-order valence-corrected chi connectivity index (χ3v) is 2.26. The predicted octanol–water partition coefficient (Wildman–Crippen LogP) is 3.79. The minimum atomic E-state index is 0.923. The largest absolute Gasteiger partial charge is 0.0995 e. The van der Waals surface area contributed by atoms with Crippen LogP contribution in [0.5, 0.6) is 0 Å². The molecule has 0 aromatic rings. The van der Waals surface area contributed by atoms with Gasteiger partial charge in [0.2, 0.25) is 0 Å². The van der Waals surface area contributed by atoms with E-state index < -0.39 is 0 Å². The smallest absolute Gasteiger partial charge is 0.00729 e. The zero-order chi connectivity index (χ0) is 9.14. The Labute approximate surface area is 75.0 Å². The Kier molecular flexibility index (Phi) is 2.69. The van der Waals surface area contributed by atoms with Crippen molar-refractivity contribution in [2.45, 2.75) is 25.7 Å². The zero-order valence-corrected chi connectivity index (χ0v) is 7.66. The van der Waals surface area contributed by atoms with E-state index in [1.807, 2.05) is 0 Å². The van der Waals surface area contributed by atoms with Crippen molar-refractivity contribution >= 4 is 0 Å². The number of rotatable bonds is 0. The van der Waals surface area contributed by atoms with Crippen molar-refractivity contribution in [1.82, 2.24) is 0 Å². The van der Waals surface area contributed by atoms with Gasteiger partial charge in [0.25, 0.3) is 0 Å². The Morgan fingerprint density at radius 2 is 1.00 bits per heavy atom. The normalized spacial score (nSPS) is 20.7. The van der Waals surface area contributed by atoms with Crippen molar-refractivity contribution in [3.05, 3.63) is 48.6 Å². The second-order valence-corrected chi connectivity index (χ2v) is 3.56. The second-order valence-electron chi connectivity index (χ2n) is 3.56. The van der Waals surface area contributed by atoms with Crippen LogP contribution in [0.1, 0.15) is 25.7 Å². The molecule has 1 saturated carbocycles. The van der Waals surface area contributed by atoms with Gasteiger partial charge in [-0.2, -0.15) is 0 Å². The Hall–Kier alpha value is -1.04. The lowest BCUT2D eigenvalue weighted by Crippen LogP contribution is -1.97. The molecule has 0 saturated heterocycles. The Morgan fingerprint density at radius 1 is 0.667 bits per heavy atom. The molecule has 0 nitrogen and oxygen atoms in total. The van der Waals surface area contributed by atoms with Crippen molar-refractivity contribution in [3.63, 3.8) is 0 Å². The van der Waals surface area contributed by atoms with Gasteiger partial charge in [0.15, 0.2) is 0 Å². The molecule has 0 atom stereocenters. The van der Waals surface area contributed by atoms with E-state index in [0.29, 0.717) is 0 Å². The Morgan fingerprint density at radius 3 is 1.33 bits per heavy atom. The summed E-state index contributed by atoms with van der Waals surface area (Å²) in [5.74, 6) is 0. The fraction of sp³-hybridized carbons (Fsp3) is 0.333. The first-order valence-corrected chi connectivity index (χ1v) is 4.29. The second kappa shape index (κ2) is 3.57. The molecule has 0 heterocycles. The van der Waals surface area contributed by atoms with Gasteiger partial charge in [0, 0.05) is 0 Å². The summed E-state index contributed by atoms with van der Waals surface area (Å²) in [7, 11) is 0. The first-order valence-electron chi connectivity index (χ1n) is 4.29. The summed E-state index contributed by atoms with van der Waals surface area (Å²) in [6.07, 6.45) is 3.97. The van der Waals surface area contributed by atoms with Crippen molar-refractivity contribution < 1.29 is 0 Å². The molecular formula is C12H16. The van der Waals surface area contributed by atoms with Crippen LogP contribution in [0.2, 0.25) is 0 Å². The lowest BCUT2D eigenvalue weighted by Gasteiger charge is -2.17. The van der Waals surface area contributed by atoms with Crippen LogP contribution in [0.25, 0.3) is 0 Å². The minimum Gasteiger partial charge on any atom is -0.0995 e. The quantitative estimate of drug-likeness (QED) is 0.473. The molecule has 0 heteroatoms. The van der Waals surface area contributed by atoms with Gasteiger partial charge in [0.1, 0.15) is 0 Å². The van der Waals surface area contributed by atoms with Gasteiger partial charge < -0.3 is 0 Å². The highest BCUT2D eigenvalue weighted by molar-refractivity contribution is 5.34. The summed E-state index contributed by atoms with van der Waals surface area (Å²) >= 11 is 0. The number of hydrogen-bond acceptors (Lipinski definition) is 0. The molecule has 0 bridgehead atoms. The van der Waals surface area contributed by atoms with Gasteiger partial charge in [-0.1, -0.05) is 37.5 Å². The molecule has 0 aromatic carbocycles. The average molecular weight is 160 g/mol. The van der Waals surface area contributed by atoms with E-state index in [1.165, 1.54) is 11.1 Å². The first kappa shape index (κ1) is 9.05. The summed E-state index contributed by atoms with van der Waals surface area (Å²) in [4.78, 5) is 0. The summed E-state index contributed by atoms with van der Waals surface area (Å²) < 4.78 is 0. The average Bonchev–Trinajstić information content (AvgIpc) is 1.99. The van der Waals surface area contributed by atoms with Gasteiger partial charge in [0.05, 0.1) is 0 Å². The fourth-order valence-electron chi connectivity index (χ4n) is 1.38. The molecule has 0 radical (unpaired) electrons. The molecule has 64 valence electrons. The van der Waals surface area contributed by atoms with E-state index in [0.717, 1.165) is 36.8 Å². The summed E-state index contributed by atoms with van der Waals surface area (Å²) in [6, 6.07) is 0. The molecule has 1 fully saturated rings. The Bertz CT molecular complexity index is 225. The molecule has 1 rings (SSSR count). The highest BCUT2D eigenvalue weighted by Gasteiger charge is 2.09. The van der Waals surface area contributed by atoms with Crippen LogP contribution in [0.4, 0.5) is 0 Å². The van der Waals surface area contributed by atoms with Crippen molar-refractivity contribution in [3.8, 4) is 0 Å². The van der Waals surface area contributed by atoms with Crippen LogP contribution in [-0.2, 0) is 0 Å². The van der Waals surface area contributed by atoms with Crippen molar-refractivity contribution in [1.29, 1.82) is 0 Å². The molecule has 0 N–H and O–H groups in total. The van der Waals surface area contributed by atoms with Gasteiger partial charge in [-0.3, -0.25) is 0 Å². The third kappa shape index (κ3) is 2.23. The van der Waals surface area contributed by atoms with E-state index in [4.69, 9.17) is 0 Å². The van der Waals surface area contributed by atoms with Crippen LogP contribution >= 0.6 is 0 Å². The highest BCUT2D eigenvalue weighted by Crippen LogP contribution is 2.28. The van der Waals surface area contributed by atoms with E-state index in [2.05, 4.69) is 26.3 Å². The molecule has 12 heavy (non-hydrogen) atoms. The van der Waals surface area contributed by atoms with Gasteiger partial charge in [-0.05, 0) is 36.8 Å². The maximum atomic E-state index is 3.99. The fourth-order valence-corrected chi connectivity index (χ4v) is 1.38. The van der Waals surface area contributed by atoms with Crippen LogP contribution < -0.4 is 0 Å². The molecular weight excluding hydrogens is 144 g/mol. The van der Waals surface area contributed by atoms with E-state index in [9.17, 15) is 0 Å². The standard InChI is InChI=1S/C12H16/c1-9-5-6-10(2)8-12(4)11(3)7-9/h1-8H2. The summed E-state index contributed by atoms with van der Waals surface area (Å²) in [5, 5.41) is 0. The third-order valence-electron chi connectivity index (χ3n) is 2.26. The van der Waals surface area contributed by atoms with E-state index >= 15 is 0 Å². The Balaban J connectivity index is 2.73. The van der Waals surface area contributed by atoms with Gasteiger partial charge >= 0.3 is 0 Å². The van der Waals surface area contributed by atoms with Crippen LogP contribution in [-0.4, -0.2) is 0 Å². The molecule has 0 aliphatic heterocycles. The topological polar surface area (TPSA) is 0 Å². The molecule has 1 aliphatic carbocycles. The van der Waals surface area contributed by atoms with Gasteiger partial charge in [-0.25, -0.2) is 0 Å². The number of allylic oxidation sites excluding steroid dienone is 4. The SMILES string of the molecule is C=C1CCC(=C)CC(=C)C(=C)C1. The maximum absolute atomic E-state index is 3.99. The number of hydrogen-bond donors (Lipinski definition) is 0. The van der Waals surface area contributed by atoms with E-state index in [-0.39, 0.29) is 0 Å².